The summed E-state index contributed by atoms with van der Waals surface area (Å²) < 4.78 is 27.0. The van der Waals surface area contributed by atoms with Gasteiger partial charge in [0.1, 0.15) is 29.2 Å². The molecule has 0 aliphatic rings. The minimum Gasteiger partial charge on any atom is -0.339 e. The summed E-state index contributed by atoms with van der Waals surface area (Å²) in [6, 6.07) is 11.5. The van der Waals surface area contributed by atoms with Crippen molar-refractivity contribution in [2.75, 3.05) is 0 Å². The van der Waals surface area contributed by atoms with Crippen molar-refractivity contribution in [3.63, 3.8) is 0 Å². The Morgan fingerprint density at radius 3 is 2.50 bits per heavy atom. The largest absolute Gasteiger partial charge is 0.339 e. The second kappa shape index (κ2) is 10.2. The van der Waals surface area contributed by atoms with Gasteiger partial charge in [-0.05, 0) is 36.1 Å². The Balaban J connectivity index is 1.56. The highest BCUT2D eigenvalue weighted by molar-refractivity contribution is 6.06. The summed E-state index contributed by atoms with van der Waals surface area (Å²) in [6.45, 7) is 8.66. The first-order chi connectivity index (χ1) is 16.1. The van der Waals surface area contributed by atoms with Crippen LogP contribution in [-0.2, 0) is 10.2 Å². The van der Waals surface area contributed by atoms with E-state index in [4.69, 9.17) is 0 Å². The number of carbonyl (C=O) groups is 2. The third-order valence-corrected chi connectivity index (χ3v) is 5.10. The summed E-state index contributed by atoms with van der Waals surface area (Å²) in [4.78, 5) is 29.3. The van der Waals surface area contributed by atoms with Crippen LogP contribution in [0.1, 0.15) is 36.8 Å². The van der Waals surface area contributed by atoms with Crippen LogP contribution in [-0.4, -0.2) is 29.1 Å². The molecular weight excluding hydrogens is 440 g/mol. The normalized spacial score (nSPS) is 12.4. The van der Waals surface area contributed by atoms with Crippen LogP contribution in [0.15, 0.2) is 72.2 Å². The van der Waals surface area contributed by atoms with Crippen LogP contribution in [0.5, 0.6) is 0 Å². The molecule has 0 fully saturated rings. The Morgan fingerprint density at radius 2 is 1.79 bits per heavy atom. The molecule has 0 aliphatic heterocycles. The molecule has 1 aromatic heterocycles. The van der Waals surface area contributed by atoms with Crippen molar-refractivity contribution in [2.45, 2.75) is 32.2 Å². The average molecular weight is 466 g/mol. The molecule has 0 radical (unpaired) electrons. The number of fused-ring (bicyclic) bond motifs is 1. The lowest BCUT2D eigenvalue weighted by atomic mass is 9.86. The Morgan fingerprint density at radius 1 is 1.12 bits per heavy atom. The molecular formula is C25H25F2N5O2. The van der Waals surface area contributed by atoms with Crippen LogP contribution in [0.4, 0.5) is 8.78 Å². The zero-order valence-corrected chi connectivity index (χ0v) is 19.0. The molecule has 0 unspecified atom stereocenters. The van der Waals surface area contributed by atoms with E-state index in [1.807, 2.05) is 12.1 Å². The van der Waals surface area contributed by atoms with E-state index in [0.717, 1.165) is 11.5 Å². The molecule has 0 saturated heterocycles. The van der Waals surface area contributed by atoms with Crippen molar-refractivity contribution >= 4 is 28.8 Å². The van der Waals surface area contributed by atoms with Gasteiger partial charge in [-0.3, -0.25) is 20.0 Å². The third kappa shape index (κ3) is 6.00. The summed E-state index contributed by atoms with van der Waals surface area (Å²) in [6.07, 6.45) is 2.97. The minimum atomic E-state index is -0.887. The fourth-order valence-electron chi connectivity index (χ4n) is 3.19. The van der Waals surface area contributed by atoms with E-state index in [1.165, 1.54) is 31.5 Å². The minimum absolute atomic E-state index is 0.0619. The summed E-state index contributed by atoms with van der Waals surface area (Å²) in [7, 11) is 0. The van der Waals surface area contributed by atoms with Crippen molar-refractivity contribution in [3.05, 3.63) is 90.0 Å². The monoisotopic (exact) mass is 465 g/mol. The highest BCUT2D eigenvalue weighted by Gasteiger charge is 2.21. The highest BCUT2D eigenvalue weighted by Crippen LogP contribution is 2.23. The molecule has 9 heteroatoms. The first kappa shape index (κ1) is 24.5. The van der Waals surface area contributed by atoms with E-state index >= 15 is 0 Å². The standard InChI is InChI=1S/C25H25F2N5O2/c1-15(30-24(34)22-21-8-6-5-7-17(21)9-10-28-22)23(33)31-16(2)32-29-14-25(3,4)18-11-19(26)13-20(27)12-18/h5-15,32H,2H2,1,3-4H3,(H,30,34)(H,31,33)/b29-14+/t15-/m0/s1. The first-order valence-electron chi connectivity index (χ1n) is 10.5. The van der Waals surface area contributed by atoms with E-state index in [0.29, 0.717) is 10.9 Å². The van der Waals surface area contributed by atoms with Crippen LogP contribution in [0, 0.1) is 11.6 Å². The van der Waals surface area contributed by atoms with Gasteiger partial charge < -0.3 is 10.6 Å². The van der Waals surface area contributed by atoms with Gasteiger partial charge in [-0.15, -0.1) is 0 Å². The number of halogens is 2. The summed E-state index contributed by atoms with van der Waals surface area (Å²) in [5, 5.41) is 10.7. The Labute approximate surface area is 196 Å². The second-order valence-corrected chi connectivity index (χ2v) is 8.29. The van der Waals surface area contributed by atoms with Gasteiger partial charge in [0, 0.05) is 29.3 Å². The lowest BCUT2D eigenvalue weighted by molar-refractivity contribution is -0.121. The molecule has 0 saturated carbocycles. The molecule has 1 atom stereocenters. The summed E-state index contributed by atoms with van der Waals surface area (Å²) >= 11 is 0. The van der Waals surface area contributed by atoms with Gasteiger partial charge in [-0.25, -0.2) is 8.78 Å². The van der Waals surface area contributed by atoms with Gasteiger partial charge in [-0.2, -0.15) is 5.10 Å². The molecule has 34 heavy (non-hydrogen) atoms. The molecule has 2 aromatic carbocycles. The number of pyridine rings is 1. The maximum absolute atomic E-state index is 13.5. The molecule has 0 bridgehead atoms. The molecule has 3 N–H and O–H groups in total. The van der Waals surface area contributed by atoms with Crippen LogP contribution in [0.2, 0.25) is 0 Å². The van der Waals surface area contributed by atoms with E-state index < -0.39 is 34.9 Å². The predicted octanol–water partition coefficient (Wildman–Crippen LogP) is 3.77. The predicted molar refractivity (Wildman–Crippen MR) is 127 cm³/mol. The van der Waals surface area contributed by atoms with E-state index in [-0.39, 0.29) is 11.5 Å². The first-order valence-corrected chi connectivity index (χ1v) is 10.5. The summed E-state index contributed by atoms with van der Waals surface area (Å²) in [5.74, 6) is -2.31. The second-order valence-electron chi connectivity index (χ2n) is 8.29. The quantitative estimate of drug-likeness (QED) is 0.349. The SMILES string of the molecule is C=C(N/N=C/C(C)(C)c1cc(F)cc(F)c1)NC(=O)[C@H](C)NC(=O)c1nccc2ccccc12. The molecule has 3 aromatic rings. The van der Waals surface area contributed by atoms with Crippen molar-refractivity contribution < 1.29 is 18.4 Å². The van der Waals surface area contributed by atoms with E-state index in [2.05, 4.69) is 32.7 Å². The average Bonchev–Trinajstić information content (AvgIpc) is 2.77. The molecule has 3 rings (SSSR count). The number of rotatable bonds is 8. The maximum Gasteiger partial charge on any atom is 0.271 e. The fourth-order valence-corrected chi connectivity index (χ4v) is 3.19. The van der Waals surface area contributed by atoms with Gasteiger partial charge in [0.2, 0.25) is 5.91 Å². The highest BCUT2D eigenvalue weighted by atomic mass is 19.1. The molecule has 176 valence electrons. The fraction of sp³-hybridized carbons (Fsp3) is 0.200. The van der Waals surface area contributed by atoms with Crippen LogP contribution < -0.4 is 16.1 Å². The molecule has 0 aliphatic carbocycles. The number of aromatic nitrogens is 1. The molecule has 1 heterocycles. The topological polar surface area (TPSA) is 95.5 Å². The Kier molecular flexibility index (Phi) is 7.35. The number of hydrogen-bond acceptors (Lipinski definition) is 5. The van der Waals surface area contributed by atoms with Gasteiger partial charge in [-0.1, -0.05) is 44.7 Å². The molecule has 0 spiro atoms. The van der Waals surface area contributed by atoms with Crippen molar-refractivity contribution in [1.82, 2.24) is 21.0 Å². The Bertz CT molecular complexity index is 1250. The van der Waals surface area contributed by atoms with Crippen molar-refractivity contribution in [3.8, 4) is 0 Å². The number of nitrogens with one attached hydrogen (secondary N) is 3. The van der Waals surface area contributed by atoms with Crippen molar-refractivity contribution in [2.24, 2.45) is 5.10 Å². The Hall–Kier alpha value is -4.14. The number of carbonyl (C=O) groups excluding carboxylic acids is 2. The van der Waals surface area contributed by atoms with Gasteiger partial charge in [0.15, 0.2) is 0 Å². The zero-order chi connectivity index (χ0) is 24.9. The van der Waals surface area contributed by atoms with Gasteiger partial charge >= 0.3 is 0 Å². The number of amides is 2. The van der Waals surface area contributed by atoms with Crippen LogP contribution in [0.25, 0.3) is 10.8 Å². The zero-order valence-electron chi connectivity index (χ0n) is 19.0. The van der Waals surface area contributed by atoms with Crippen molar-refractivity contribution in [1.29, 1.82) is 0 Å². The third-order valence-electron chi connectivity index (χ3n) is 5.10. The number of hydrazone groups is 1. The molecule has 7 nitrogen and oxygen atoms in total. The van der Waals surface area contributed by atoms with Gasteiger partial charge in [0.25, 0.3) is 5.91 Å². The van der Waals surface area contributed by atoms with Crippen LogP contribution in [0.3, 0.4) is 0 Å². The summed E-state index contributed by atoms with van der Waals surface area (Å²) in [5.41, 5.74) is 2.37. The number of benzene rings is 2. The van der Waals surface area contributed by atoms with Crippen LogP contribution >= 0.6 is 0 Å². The van der Waals surface area contributed by atoms with E-state index in [1.54, 1.807) is 32.0 Å². The molecule has 2 amide bonds. The maximum atomic E-state index is 13.5. The lowest BCUT2D eigenvalue weighted by Gasteiger charge is -2.20. The lowest BCUT2D eigenvalue weighted by Crippen LogP contribution is -2.45. The van der Waals surface area contributed by atoms with Gasteiger partial charge in [0.05, 0.1) is 0 Å². The number of nitrogens with zero attached hydrogens (tertiary/aromatic N) is 2. The number of hydrogen-bond donors (Lipinski definition) is 3. The smallest absolute Gasteiger partial charge is 0.271 e. The van der Waals surface area contributed by atoms with E-state index in [9.17, 15) is 18.4 Å².